The van der Waals surface area contributed by atoms with Crippen molar-refractivity contribution in [2.24, 2.45) is 0 Å². The molecule has 0 amide bonds. The molecule has 0 fully saturated rings. The molecule has 3 heteroatoms. The standard InChI is InChI=1S/C17H17N3/c1-13-12-20(19-17(13)18)16-10-6-5-9-15(16)11-14-7-3-2-4-8-14/h2-10,12H,11H2,1H3,(H2,18,19). The highest BCUT2D eigenvalue weighted by Gasteiger charge is 2.08. The average Bonchev–Trinajstić information content (AvgIpc) is 2.80. The fraction of sp³-hybridized carbons (Fsp3) is 0.118. The Hall–Kier alpha value is -2.55. The van der Waals surface area contributed by atoms with Crippen molar-refractivity contribution in [1.82, 2.24) is 9.78 Å². The second kappa shape index (κ2) is 5.21. The molecule has 3 rings (SSSR count). The molecular formula is C17H17N3. The quantitative estimate of drug-likeness (QED) is 0.787. The van der Waals surface area contributed by atoms with Crippen molar-refractivity contribution < 1.29 is 0 Å². The maximum Gasteiger partial charge on any atom is 0.148 e. The van der Waals surface area contributed by atoms with Crippen molar-refractivity contribution in [3.63, 3.8) is 0 Å². The Labute approximate surface area is 118 Å². The molecule has 0 saturated carbocycles. The molecule has 2 aromatic carbocycles. The fourth-order valence-electron chi connectivity index (χ4n) is 2.30. The molecule has 0 saturated heterocycles. The Morgan fingerprint density at radius 2 is 1.70 bits per heavy atom. The predicted octanol–water partition coefficient (Wildman–Crippen LogP) is 3.35. The van der Waals surface area contributed by atoms with E-state index in [1.165, 1.54) is 11.1 Å². The normalized spacial score (nSPS) is 10.7. The molecular weight excluding hydrogens is 246 g/mol. The molecule has 3 nitrogen and oxygen atoms in total. The summed E-state index contributed by atoms with van der Waals surface area (Å²) in [5.41, 5.74) is 10.5. The van der Waals surface area contributed by atoms with Gasteiger partial charge in [-0.15, -0.1) is 0 Å². The third-order valence-corrected chi connectivity index (χ3v) is 3.41. The zero-order chi connectivity index (χ0) is 13.9. The molecule has 0 spiro atoms. The predicted molar refractivity (Wildman–Crippen MR) is 82.0 cm³/mol. The number of hydrogen-bond donors (Lipinski definition) is 1. The van der Waals surface area contributed by atoms with Gasteiger partial charge < -0.3 is 5.73 Å². The lowest BCUT2D eigenvalue weighted by Gasteiger charge is -2.09. The summed E-state index contributed by atoms with van der Waals surface area (Å²) in [5.74, 6) is 0.583. The van der Waals surface area contributed by atoms with Crippen LogP contribution in [-0.4, -0.2) is 9.78 Å². The molecule has 0 aliphatic carbocycles. The zero-order valence-corrected chi connectivity index (χ0v) is 11.5. The maximum atomic E-state index is 5.85. The number of para-hydroxylation sites is 1. The first kappa shape index (κ1) is 12.5. The van der Waals surface area contributed by atoms with E-state index < -0.39 is 0 Å². The van der Waals surface area contributed by atoms with Crippen LogP contribution in [-0.2, 0) is 6.42 Å². The number of aryl methyl sites for hydroxylation is 1. The number of benzene rings is 2. The second-order valence-electron chi connectivity index (χ2n) is 4.93. The van der Waals surface area contributed by atoms with Crippen LogP contribution in [0.4, 0.5) is 5.82 Å². The van der Waals surface area contributed by atoms with Gasteiger partial charge in [0.1, 0.15) is 5.82 Å². The van der Waals surface area contributed by atoms with Gasteiger partial charge in [0.25, 0.3) is 0 Å². The Balaban J connectivity index is 2.00. The molecule has 1 heterocycles. The van der Waals surface area contributed by atoms with Gasteiger partial charge in [0.15, 0.2) is 0 Å². The van der Waals surface area contributed by atoms with Crippen molar-refractivity contribution in [3.05, 3.63) is 77.5 Å². The van der Waals surface area contributed by atoms with E-state index in [0.29, 0.717) is 5.82 Å². The molecule has 1 aromatic heterocycles. The Bertz CT molecular complexity index is 695. The van der Waals surface area contributed by atoms with Crippen LogP contribution in [0.2, 0.25) is 0 Å². The number of nitrogens with zero attached hydrogens (tertiary/aromatic N) is 2. The van der Waals surface area contributed by atoms with Crippen molar-refractivity contribution >= 4 is 5.82 Å². The van der Waals surface area contributed by atoms with Gasteiger partial charge in [-0.25, -0.2) is 4.68 Å². The third kappa shape index (κ3) is 2.43. The molecule has 3 aromatic rings. The summed E-state index contributed by atoms with van der Waals surface area (Å²) in [5, 5.41) is 4.38. The summed E-state index contributed by atoms with van der Waals surface area (Å²) in [7, 11) is 0. The molecule has 100 valence electrons. The topological polar surface area (TPSA) is 43.8 Å². The van der Waals surface area contributed by atoms with Crippen molar-refractivity contribution in [2.75, 3.05) is 5.73 Å². The average molecular weight is 263 g/mol. The highest BCUT2D eigenvalue weighted by atomic mass is 15.3. The summed E-state index contributed by atoms with van der Waals surface area (Å²) in [4.78, 5) is 0. The number of nitrogens with two attached hydrogens (primary N) is 1. The first-order valence-electron chi connectivity index (χ1n) is 6.68. The van der Waals surface area contributed by atoms with Crippen LogP contribution in [0.1, 0.15) is 16.7 Å². The van der Waals surface area contributed by atoms with E-state index in [2.05, 4.69) is 47.6 Å². The van der Waals surface area contributed by atoms with Crippen molar-refractivity contribution in [3.8, 4) is 5.69 Å². The second-order valence-corrected chi connectivity index (χ2v) is 4.93. The maximum absolute atomic E-state index is 5.85. The number of aromatic nitrogens is 2. The summed E-state index contributed by atoms with van der Waals surface area (Å²) < 4.78 is 1.86. The first-order chi connectivity index (χ1) is 9.74. The van der Waals surface area contributed by atoms with Gasteiger partial charge in [-0.2, -0.15) is 5.10 Å². The minimum Gasteiger partial charge on any atom is -0.382 e. The molecule has 0 aliphatic heterocycles. The molecule has 0 atom stereocenters. The molecule has 2 N–H and O–H groups in total. The fourth-order valence-corrected chi connectivity index (χ4v) is 2.30. The number of anilines is 1. The Kier molecular flexibility index (Phi) is 3.25. The largest absolute Gasteiger partial charge is 0.382 e. The number of nitrogen functional groups attached to an aromatic ring is 1. The minimum absolute atomic E-state index is 0.583. The lowest BCUT2D eigenvalue weighted by atomic mass is 10.0. The van der Waals surface area contributed by atoms with Crippen LogP contribution < -0.4 is 5.73 Å². The van der Waals surface area contributed by atoms with Gasteiger partial charge in [-0.3, -0.25) is 0 Å². The van der Waals surface area contributed by atoms with Gasteiger partial charge in [0, 0.05) is 11.8 Å². The van der Waals surface area contributed by atoms with Gasteiger partial charge >= 0.3 is 0 Å². The summed E-state index contributed by atoms with van der Waals surface area (Å²) >= 11 is 0. The first-order valence-corrected chi connectivity index (χ1v) is 6.68. The van der Waals surface area contributed by atoms with Crippen LogP contribution in [0.5, 0.6) is 0 Å². The van der Waals surface area contributed by atoms with Gasteiger partial charge in [0.05, 0.1) is 5.69 Å². The van der Waals surface area contributed by atoms with E-state index in [4.69, 9.17) is 5.73 Å². The third-order valence-electron chi connectivity index (χ3n) is 3.41. The molecule has 20 heavy (non-hydrogen) atoms. The SMILES string of the molecule is Cc1cn(-c2ccccc2Cc2ccccc2)nc1N. The van der Waals surface area contributed by atoms with E-state index >= 15 is 0 Å². The smallest absolute Gasteiger partial charge is 0.148 e. The van der Waals surface area contributed by atoms with E-state index in [0.717, 1.165) is 17.7 Å². The highest BCUT2D eigenvalue weighted by Crippen LogP contribution is 2.20. The Morgan fingerprint density at radius 3 is 2.40 bits per heavy atom. The lowest BCUT2D eigenvalue weighted by molar-refractivity contribution is 0.870. The van der Waals surface area contributed by atoms with Gasteiger partial charge in [-0.05, 0) is 30.5 Å². The highest BCUT2D eigenvalue weighted by molar-refractivity contribution is 5.46. The van der Waals surface area contributed by atoms with E-state index in [-0.39, 0.29) is 0 Å². The minimum atomic E-state index is 0.583. The van der Waals surface area contributed by atoms with Crippen LogP contribution >= 0.6 is 0 Å². The van der Waals surface area contributed by atoms with Crippen LogP contribution in [0, 0.1) is 6.92 Å². The number of rotatable bonds is 3. The molecule has 0 aliphatic rings. The molecule has 0 bridgehead atoms. The van der Waals surface area contributed by atoms with Crippen molar-refractivity contribution in [2.45, 2.75) is 13.3 Å². The van der Waals surface area contributed by atoms with E-state index in [1.54, 1.807) is 0 Å². The molecule has 0 radical (unpaired) electrons. The molecule has 0 unspecified atom stereocenters. The van der Waals surface area contributed by atoms with Crippen LogP contribution in [0.3, 0.4) is 0 Å². The van der Waals surface area contributed by atoms with Crippen molar-refractivity contribution in [1.29, 1.82) is 0 Å². The van der Waals surface area contributed by atoms with Crippen LogP contribution in [0.15, 0.2) is 60.8 Å². The Morgan fingerprint density at radius 1 is 1.00 bits per heavy atom. The summed E-state index contributed by atoms with van der Waals surface area (Å²) in [6.07, 6.45) is 2.86. The van der Waals surface area contributed by atoms with E-state index in [9.17, 15) is 0 Å². The van der Waals surface area contributed by atoms with Crippen LogP contribution in [0.25, 0.3) is 5.69 Å². The van der Waals surface area contributed by atoms with Gasteiger partial charge in [-0.1, -0.05) is 48.5 Å². The summed E-state index contributed by atoms with van der Waals surface area (Å²) in [6.45, 7) is 1.97. The monoisotopic (exact) mass is 263 g/mol. The number of hydrogen-bond acceptors (Lipinski definition) is 2. The summed E-state index contributed by atoms with van der Waals surface area (Å²) in [6, 6.07) is 18.7. The van der Waals surface area contributed by atoms with Gasteiger partial charge in [0.2, 0.25) is 0 Å². The zero-order valence-electron chi connectivity index (χ0n) is 11.5. The lowest BCUT2D eigenvalue weighted by Crippen LogP contribution is -2.01. The van der Waals surface area contributed by atoms with E-state index in [1.807, 2.05) is 29.9 Å².